The summed E-state index contributed by atoms with van der Waals surface area (Å²) in [5, 5.41) is 13.1. The normalized spacial score (nSPS) is 12.1. The number of hydrogen-bond acceptors (Lipinski definition) is 3. The van der Waals surface area contributed by atoms with E-state index >= 15 is 0 Å². The fourth-order valence-electron chi connectivity index (χ4n) is 1.80. The zero-order chi connectivity index (χ0) is 15.1. The maximum atomic E-state index is 9.90. The predicted octanol–water partition coefficient (Wildman–Crippen LogP) is 3.74. The lowest BCUT2D eigenvalue weighted by molar-refractivity contribution is 0.106. The Hall–Kier alpha value is -0.880. The number of aliphatic hydroxyl groups excluding tert-OH is 1. The van der Waals surface area contributed by atoms with Crippen molar-refractivity contribution < 1.29 is 9.84 Å². The van der Waals surface area contributed by atoms with Crippen LogP contribution in [0.25, 0.3) is 0 Å². The molecule has 0 bridgehead atoms. The van der Waals surface area contributed by atoms with Crippen LogP contribution in [-0.2, 0) is 6.54 Å². The van der Waals surface area contributed by atoms with E-state index in [0.29, 0.717) is 13.1 Å². The van der Waals surface area contributed by atoms with Crippen LogP contribution in [0.1, 0.15) is 5.56 Å². The Kier molecular flexibility index (Phi) is 6.70. The Bertz CT molecular complexity index is 560. The fourth-order valence-corrected chi connectivity index (χ4v) is 2.49. The van der Waals surface area contributed by atoms with Crippen molar-refractivity contribution in [1.82, 2.24) is 5.32 Å². The Balaban J connectivity index is 1.69. The summed E-state index contributed by atoms with van der Waals surface area (Å²) in [4.78, 5) is 0. The minimum absolute atomic E-state index is 0.268. The molecule has 0 fully saturated rings. The van der Waals surface area contributed by atoms with Gasteiger partial charge in [-0.1, -0.05) is 50.1 Å². The molecule has 5 heteroatoms. The van der Waals surface area contributed by atoms with Crippen LogP contribution in [0.3, 0.4) is 0 Å². The molecule has 0 aromatic heterocycles. The zero-order valence-electron chi connectivity index (χ0n) is 11.4. The summed E-state index contributed by atoms with van der Waals surface area (Å²) in [6.45, 7) is 1.46. The van der Waals surface area contributed by atoms with Crippen molar-refractivity contribution in [2.75, 3.05) is 13.2 Å². The molecule has 2 N–H and O–H groups in total. The van der Waals surface area contributed by atoms with Crippen LogP contribution < -0.4 is 10.1 Å². The number of rotatable bonds is 7. The van der Waals surface area contributed by atoms with E-state index in [9.17, 15) is 5.11 Å². The Morgan fingerprint density at radius 2 is 1.76 bits per heavy atom. The molecule has 0 aliphatic carbocycles. The number of benzene rings is 2. The van der Waals surface area contributed by atoms with Gasteiger partial charge in [-0.05, 0) is 35.9 Å². The Morgan fingerprint density at radius 3 is 2.48 bits per heavy atom. The molecule has 21 heavy (non-hydrogen) atoms. The third kappa shape index (κ3) is 5.79. The second-order valence-corrected chi connectivity index (χ2v) is 6.41. The van der Waals surface area contributed by atoms with Crippen molar-refractivity contribution in [3.8, 4) is 5.75 Å². The van der Waals surface area contributed by atoms with Gasteiger partial charge in [0.15, 0.2) is 0 Å². The molecular weight excluding hydrogens is 398 g/mol. The van der Waals surface area contributed by atoms with Crippen LogP contribution in [0.4, 0.5) is 0 Å². The van der Waals surface area contributed by atoms with Crippen molar-refractivity contribution in [1.29, 1.82) is 0 Å². The fraction of sp³-hybridized carbons (Fsp3) is 0.250. The highest BCUT2D eigenvalue weighted by Gasteiger charge is 2.06. The monoisotopic (exact) mass is 413 g/mol. The lowest BCUT2D eigenvalue weighted by Gasteiger charge is -2.14. The molecule has 2 aromatic carbocycles. The summed E-state index contributed by atoms with van der Waals surface area (Å²) in [6, 6.07) is 15.6. The van der Waals surface area contributed by atoms with Gasteiger partial charge in [-0.15, -0.1) is 0 Å². The topological polar surface area (TPSA) is 41.5 Å². The second-order valence-electron chi connectivity index (χ2n) is 4.64. The van der Waals surface area contributed by atoms with Gasteiger partial charge in [-0.25, -0.2) is 0 Å². The molecule has 1 unspecified atom stereocenters. The van der Waals surface area contributed by atoms with Gasteiger partial charge < -0.3 is 15.2 Å². The third-order valence-corrected chi connectivity index (χ3v) is 4.21. The van der Waals surface area contributed by atoms with Crippen LogP contribution in [0.5, 0.6) is 5.75 Å². The first-order chi connectivity index (χ1) is 10.1. The van der Waals surface area contributed by atoms with Gasteiger partial charge >= 0.3 is 0 Å². The summed E-state index contributed by atoms with van der Waals surface area (Å²) in [6.07, 6.45) is -0.545. The van der Waals surface area contributed by atoms with E-state index in [1.807, 2.05) is 48.5 Å². The Labute approximate surface area is 141 Å². The molecule has 3 nitrogen and oxygen atoms in total. The summed E-state index contributed by atoms with van der Waals surface area (Å²) in [5.74, 6) is 0.753. The van der Waals surface area contributed by atoms with Crippen molar-refractivity contribution >= 4 is 31.9 Å². The van der Waals surface area contributed by atoms with Gasteiger partial charge in [0, 0.05) is 22.0 Å². The second kappa shape index (κ2) is 8.54. The smallest absolute Gasteiger partial charge is 0.119 e. The van der Waals surface area contributed by atoms with Crippen LogP contribution in [0.15, 0.2) is 57.5 Å². The highest BCUT2D eigenvalue weighted by molar-refractivity contribution is 9.10. The molecule has 0 aliphatic rings. The predicted molar refractivity (Wildman–Crippen MR) is 91.5 cm³/mol. The number of nitrogens with one attached hydrogen (secondary N) is 1. The van der Waals surface area contributed by atoms with Gasteiger partial charge in [0.1, 0.15) is 18.5 Å². The first-order valence-electron chi connectivity index (χ1n) is 6.65. The standard InChI is InChI=1S/C16H17Br2NO2/c17-13-5-7-15(8-6-13)21-11-14(20)10-19-9-12-3-1-2-4-16(12)18/h1-8,14,19-20H,9-11H2. The zero-order valence-corrected chi connectivity index (χ0v) is 14.6. The molecule has 0 heterocycles. The molecule has 2 rings (SSSR count). The van der Waals surface area contributed by atoms with Crippen LogP contribution in [0.2, 0.25) is 0 Å². The molecule has 2 aromatic rings. The maximum Gasteiger partial charge on any atom is 0.119 e. The lowest BCUT2D eigenvalue weighted by Crippen LogP contribution is -2.31. The van der Waals surface area contributed by atoms with Crippen molar-refractivity contribution in [2.45, 2.75) is 12.6 Å². The molecule has 0 saturated heterocycles. The molecule has 0 amide bonds. The molecule has 0 spiro atoms. The highest BCUT2D eigenvalue weighted by atomic mass is 79.9. The van der Waals surface area contributed by atoms with Gasteiger partial charge in [0.2, 0.25) is 0 Å². The largest absolute Gasteiger partial charge is 0.491 e. The minimum Gasteiger partial charge on any atom is -0.491 e. The summed E-state index contributed by atoms with van der Waals surface area (Å²) in [5.41, 5.74) is 1.17. The van der Waals surface area contributed by atoms with E-state index in [1.54, 1.807) is 0 Å². The summed E-state index contributed by atoms with van der Waals surface area (Å²) >= 11 is 6.87. The first kappa shape index (κ1) is 16.5. The Morgan fingerprint density at radius 1 is 1.05 bits per heavy atom. The van der Waals surface area contributed by atoms with E-state index < -0.39 is 6.10 Å². The molecule has 0 saturated carbocycles. The summed E-state index contributed by atoms with van der Waals surface area (Å²) in [7, 11) is 0. The SMILES string of the molecule is OC(CNCc1ccccc1Br)COc1ccc(Br)cc1. The van der Waals surface area contributed by atoms with Crippen LogP contribution in [0, 0.1) is 0 Å². The molecule has 0 radical (unpaired) electrons. The number of aliphatic hydroxyl groups is 1. The van der Waals surface area contributed by atoms with Crippen molar-refractivity contribution in [3.63, 3.8) is 0 Å². The van der Waals surface area contributed by atoms with E-state index in [4.69, 9.17) is 4.74 Å². The molecule has 1 atom stereocenters. The number of hydrogen-bond donors (Lipinski definition) is 2. The van der Waals surface area contributed by atoms with E-state index in [0.717, 1.165) is 14.7 Å². The molecule has 112 valence electrons. The number of ether oxygens (including phenoxy) is 1. The minimum atomic E-state index is -0.545. The quantitative estimate of drug-likeness (QED) is 0.725. The van der Waals surface area contributed by atoms with Crippen molar-refractivity contribution in [3.05, 3.63) is 63.0 Å². The number of halogens is 2. The molecular formula is C16H17Br2NO2. The molecule has 0 aliphatic heterocycles. The highest BCUT2D eigenvalue weighted by Crippen LogP contribution is 2.16. The average molecular weight is 415 g/mol. The van der Waals surface area contributed by atoms with Gasteiger partial charge in [0.05, 0.1) is 0 Å². The van der Waals surface area contributed by atoms with E-state index in [-0.39, 0.29) is 6.61 Å². The van der Waals surface area contributed by atoms with Gasteiger partial charge in [-0.2, -0.15) is 0 Å². The third-order valence-electron chi connectivity index (χ3n) is 2.91. The maximum absolute atomic E-state index is 9.90. The van der Waals surface area contributed by atoms with Crippen molar-refractivity contribution in [2.24, 2.45) is 0 Å². The van der Waals surface area contributed by atoms with Crippen LogP contribution in [-0.4, -0.2) is 24.4 Å². The van der Waals surface area contributed by atoms with Crippen LogP contribution >= 0.6 is 31.9 Å². The van der Waals surface area contributed by atoms with Gasteiger partial charge in [0.25, 0.3) is 0 Å². The van der Waals surface area contributed by atoms with Gasteiger partial charge in [-0.3, -0.25) is 0 Å². The van der Waals surface area contributed by atoms with E-state index in [2.05, 4.69) is 37.2 Å². The summed E-state index contributed by atoms with van der Waals surface area (Å²) < 4.78 is 7.60. The lowest BCUT2D eigenvalue weighted by atomic mass is 10.2. The van der Waals surface area contributed by atoms with E-state index in [1.165, 1.54) is 5.56 Å². The average Bonchev–Trinajstić information content (AvgIpc) is 2.49. The first-order valence-corrected chi connectivity index (χ1v) is 8.24.